The molecule has 0 aromatic carbocycles. The first kappa shape index (κ1) is 14.8. The van der Waals surface area contributed by atoms with Crippen molar-refractivity contribution < 1.29 is 4.79 Å². The van der Waals surface area contributed by atoms with Gasteiger partial charge in [0.05, 0.1) is 0 Å². The Morgan fingerprint density at radius 3 is 2.11 bits per heavy atom. The molecule has 0 aliphatic carbocycles. The molecule has 3 heteroatoms. The van der Waals surface area contributed by atoms with Gasteiger partial charge in [0.25, 0.3) is 0 Å². The van der Waals surface area contributed by atoms with Gasteiger partial charge in [0.1, 0.15) is 0 Å². The predicted molar refractivity (Wildman–Crippen MR) is 79.1 cm³/mol. The van der Waals surface area contributed by atoms with E-state index < -0.39 is 0 Å². The van der Waals surface area contributed by atoms with E-state index in [2.05, 4.69) is 11.8 Å². The first-order valence-corrected chi connectivity index (χ1v) is 8.13. The zero-order chi connectivity index (χ0) is 13.7. The number of amides is 1. The quantitative estimate of drug-likeness (QED) is 0.731. The smallest absolute Gasteiger partial charge is 0.219 e. The molecule has 2 fully saturated rings. The Labute approximate surface area is 118 Å². The number of likely N-dealkylation sites (tertiary alicyclic amines) is 2. The highest BCUT2D eigenvalue weighted by molar-refractivity contribution is 5.73. The van der Waals surface area contributed by atoms with Crippen molar-refractivity contribution in [3.63, 3.8) is 0 Å². The molecule has 0 atom stereocenters. The lowest BCUT2D eigenvalue weighted by molar-refractivity contribution is -0.131. The van der Waals surface area contributed by atoms with E-state index in [1.165, 1.54) is 64.6 Å². The molecular formula is C16H30N2O. The van der Waals surface area contributed by atoms with Gasteiger partial charge in [-0.1, -0.05) is 19.8 Å². The van der Waals surface area contributed by atoms with Crippen LogP contribution >= 0.6 is 0 Å². The SMILES string of the molecule is CCCCCN1CCC2(CC1)CCN(C(C)=O)CC2. The predicted octanol–water partition coefficient (Wildman–Crippen LogP) is 2.90. The summed E-state index contributed by atoms with van der Waals surface area (Å²) < 4.78 is 0. The minimum Gasteiger partial charge on any atom is -0.343 e. The molecule has 0 aromatic heterocycles. The third kappa shape index (κ3) is 3.95. The van der Waals surface area contributed by atoms with Crippen LogP contribution < -0.4 is 0 Å². The first-order valence-electron chi connectivity index (χ1n) is 8.13. The molecule has 2 aliphatic heterocycles. The maximum atomic E-state index is 11.4. The maximum absolute atomic E-state index is 11.4. The second kappa shape index (κ2) is 6.74. The van der Waals surface area contributed by atoms with Crippen LogP contribution in [-0.4, -0.2) is 48.4 Å². The Hall–Kier alpha value is -0.570. The average molecular weight is 266 g/mol. The highest BCUT2D eigenvalue weighted by Gasteiger charge is 2.37. The summed E-state index contributed by atoms with van der Waals surface area (Å²) in [5.74, 6) is 0.256. The second-order valence-corrected chi connectivity index (χ2v) is 6.55. The summed E-state index contributed by atoms with van der Waals surface area (Å²) in [7, 11) is 0. The minimum atomic E-state index is 0.256. The van der Waals surface area contributed by atoms with Crippen LogP contribution in [0.4, 0.5) is 0 Å². The molecule has 0 N–H and O–H groups in total. The summed E-state index contributed by atoms with van der Waals surface area (Å²) in [6.45, 7) is 9.82. The van der Waals surface area contributed by atoms with Gasteiger partial charge in [-0.15, -0.1) is 0 Å². The van der Waals surface area contributed by atoms with Crippen LogP contribution in [0.5, 0.6) is 0 Å². The van der Waals surface area contributed by atoms with Crippen LogP contribution in [0.2, 0.25) is 0 Å². The summed E-state index contributed by atoms with van der Waals surface area (Å²) in [5, 5.41) is 0. The summed E-state index contributed by atoms with van der Waals surface area (Å²) >= 11 is 0. The molecule has 0 aromatic rings. The molecule has 19 heavy (non-hydrogen) atoms. The fourth-order valence-electron chi connectivity index (χ4n) is 3.63. The van der Waals surface area contributed by atoms with E-state index in [1.54, 1.807) is 6.92 Å². The van der Waals surface area contributed by atoms with Crippen LogP contribution in [0.15, 0.2) is 0 Å². The van der Waals surface area contributed by atoms with Gasteiger partial charge in [-0.05, 0) is 57.2 Å². The van der Waals surface area contributed by atoms with Gasteiger partial charge in [-0.3, -0.25) is 4.79 Å². The molecule has 0 radical (unpaired) electrons. The molecule has 0 unspecified atom stereocenters. The minimum absolute atomic E-state index is 0.256. The molecule has 110 valence electrons. The molecule has 3 nitrogen and oxygen atoms in total. The van der Waals surface area contributed by atoms with Crippen molar-refractivity contribution in [1.82, 2.24) is 9.80 Å². The number of hydrogen-bond donors (Lipinski definition) is 0. The van der Waals surface area contributed by atoms with Crippen molar-refractivity contribution in [2.24, 2.45) is 5.41 Å². The average Bonchev–Trinajstić information content (AvgIpc) is 2.42. The van der Waals surface area contributed by atoms with Crippen LogP contribution in [0.1, 0.15) is 58.8 Å². The van der Waals surface area contributed by atoms with E-state index in [0.29, 0.717) is 5.41 Å². The monoisotopic (exact) mass is 266 g/mol. The van der Waals surface area contributed by atoms with Gasteiger partial charge in [0.2, 0.25) is 5.91 Å². The number of nitrogens with zero attached hydrogens (tertiary/aromatic N) is 2. The van der Waals surface area contributed by atoms with Gasteiger partial charge in [-0.2, -0.15) is 0 Å². The Morgan fingerprint density at radius 1 is 1.00 bits per heavy atom. The highest BCUT2D eigenvalue weighted by Crippen LogP contribution is 2.41. The lowest BCUT2D eigenvalue weighted by Gasteiger charge is -2.46. The Kier molecular flexibility index (Phi) is 5.26. The van der Waals surface area contributed by atoms with Crippen molar-refractivity contribution in [2.45, 2.75) is 58.8 Å². The van der Waals surface area contributed by atoms with Gasteiger partial charge in [-0.25, -0.2) is 0 Å². The third-order valence-electron chi connectivity index (χ3n) is 5.26. The summed E-state index contributed by atoms with van der Waals surface area (Å²) in [6.07, 6.45) is 9.22. The second-order valence-electron chi connectivity index (χ2n) is 6.55. The molecule has 1 amide bonds. The van der Waals surface area contributed by atoms with E-state index in [4.69, 9.17) is 0 Å². The number of carbonyl (C=O) groups excluding carboxylic acids is 1. The topological polar surface area (TPSA) is 23.6 Å². The molecule has 2 heterocycles. The molecule has 1 spiro atoms. The Morgan fingerprint density at radius 2 is 1.58 bits per heavy atom. The van der Waals surface area contributed by atoms with Crippen molar-refractivity contribution >= 4 is 5.91 Å². The van der Waals surface area contributed by atoms with E-state index in [0.717, 1.165) is 13.1 Å². The summed E-state index contributed by atoms with van der Waals surface area (Å²) in [4.78, 5) is 16.1. The number of carbonyl (C=O) groups is 1. The number of piperidine rings is 2. The van der Waals surface area contributed by atoms with Crippen LogP contribution in [0.25, 0.3) is 0 Å². The maximum Gasteiger partial charge on any atom is 0.219 e. The van der Waals surface area contributed by atoms with Gasteiger partial charge < -0.3 is 9.80 Å². The fourth-order valence-corrected chi connectivity index (χ4v) is 3.63. The van der Waals surface area contributed by atoms with Gasteiger partial charge >= 0.3 is 0 Å². The van der Waals surface area contributed by atoms with Crippen LogP contribution in [-0.2, 0) is 4.79 Å². The van der Waals surface area contributed by atoms with E-state index in [-0.39, 0.29) is 5.91 Å². The zero-order valence-corrected chi connectivity index (χ0v) is 12.8. The molecule has 2 aliphatic rings. The van der Waals surface area contributed by atoms with E-state index >= 15 is 0 Å². The first-order chi connectivity index (χ1) is 9.15. The fraction of sp³-hybridized carbons (Fsp3) is 0.938. The van der Waals surface area contributed by atoms with Crippen molar-refractivity contribution in [1.29, 1.82) is 0 Å². The summed E-state index contributed by atoms with van der Waals surface area (Å²) in [6, 6.07) is 0. The van der Waals surface area contributed by atoms with E-state index in [1.807, 2.05) is 4.90 Å². The Bertz CT molecular complexity index is 285. The molecule has 2 rings (SSSR count). The Balaban J connectivity index is 1.72. The molecule has 2 saturated heterocycles. The van der Waals surface area contributed by atoms with Crippen LogP contribution in [0, 0.1) is 5.41 Å². The van der Waals surface area contributed by atoms with E-state index in [9.17, 15) is 4.79 Å². The lowest BCUT2D eigenvalue weighted by Crippen LogP contribution is -2.47. The number of unbranched alkanes of at least 4 members (excludes halogenated alkanes) is 2. The van der Waals surface area contributed by atoms with Crippen molar-refractivity contribution in [3.8, 4) is 0 Å². The summed E-state index contributed by atoms with van der Waals surface area (Å²) in [5.41, 5.74) is 0.563. The standard InChI is InChI=1S/C16H30N2O/c1-3-4-5-10-17-11-6-16(7-12-17)8-13-18(14-9-16)15(2)19/h3-14H2,1-2H3. The molecule has 0 saturated carbocycles. The molecule has 0 bridgehead atoms. The zero-order valence-electron chi connectivity index (χ0n) is 12.8. The molecular weight excluding hydrogens is 236 g/mol. The largest absolute Gasteiger partial charge is 0.343 e. The van der Waals surface area contributed by atoms with Crippen molar-refractivity contribution in [3.05, 3.63) is 0 Å². The van der Waals surface area contributed by atoms with Crippen molar-refractivity contribution in [2.75, 3.05) is 32.7 Å². The normalized spacial score (nSPS) is 23.8. The van der Waals surface area contributed by atoms with Gasteiger partial charge in [0, 0.05) is 20.0 Å². The third-order valence-corrected chi connectivity index (χ3v) is 5.26. The van der Waals surface area contributed by atoms with Crippen LogP contribution in [0.3, 0.4) is 0 Å². The van der Waals surface area contributed by atoms with Gasteiger partial charge in [0.15, 0.2) is 0 Å². The number of hydrogen-bond acceptors (Lipinski definition) is 2. The highest BCUT2D eigenvalue weighted by atomic mass is 16.2. The lowest BCUT2D eigenvalue weighted by atomic mass is 9.71. The number of rotatable bonds is 4.